The van der Waals surface area contributed by atoms with Crippen LogP contribution >= 0.6 is 0 Å². The van der Waals surface area contributed by atoms with E-state index in [0.29, 0.717) is 6.54 Å². The largest absolute Gasteiger partial charge is 0.483 e. The van der Waals surface area contributed by atoms with Crippen molar-refractivity contribution < 1.29 is 32.6 Å². The lowest BCUT2D eigenvalue weighted by Gasteiger charge is -2.10. The van der Waals surface area contributed by atoms with Crippen molar-refractivity contribution in [2.45, 2.75) is 25.3 Å². The van der Waals surface area contributed by atoms with Crippen molar-refractivity contribution in [2.24, 2.45) is 0 Å². The molecule has 1 aromatic carbocycles. The lowest BCUT2D eigenvalue weighted by Crippen LogP contribution is -2.28. The third-order valence-corrected chi connectivity index (χ3v) is 4.93. The first-order valence-electron chi connectivity index (χ1n) is 7.22. The van der Waals surface area contributed by atoms with Crippen molar-refractivity contribution in [1.29, 1.82) is 0 Å². The van der Waals surface area contributed by atoms with Gasteiger partial charge < -0.3 is 14.8 Å². The molecule has 0 aliphatic rings. The number of rotatable bonds is 6. The van der Waals surface area contributed by atoms with Crippen LogP contribution in [-0.2, 0) is 21.4 Å². The second-order valence-corrected chi connectivity index (χ2v) is 6.80. The number of nitrogens with one attached hydrogen (secondary N) is 1. The number of imidazole rings is 1. The molecule has 0 saturated carbocycles. The van der Waals surface area contributed by atoms with Crippen LogP contribution in [0.25, 0.3) is 0 Å². The van der Waals surface area contributed by atoms with Crippen LogP contribution < -0.4 is 4.72 Å². The molecule has 0 bridgehead atoms. The predicted octanol–water partition coefficient (Wildman–Crippen LogP) is 1.02. The van der Waals surface area contributed by atoms with E-state index in [9.17, 15) is 17.6 Å². The van der Waals surface area contributed by atoms with Crippen molar-refractivity contribution in [1.82, 2.24) is 14.3 Å². The maximum atomic E-state index is 13.7. The minimum Gasteiger partial charge on any atom is -0.483 e. The fraction of sp³-hybridized carbons (Fsp3) is 0.267. The highest BCUT2D eigenvalue weighted by Gasteiger charge is 2.20. The molecule has 0 spiro atoms. The Kier molecular flexibility index (Phi) is 7.41. The number of hydrogen-bond acceptors (Lipinski definition) is 5. The summed E-state index contributed by atoms with van der Waals surface area (Å²) >= 11 is 0. The Bertz CT molecular complexity index is 895. The molecule has 2 aromatic rings. The quantitative estimate of drug-likeness (QED) is 0.629. The number of benzene rings is 1. The molecule has 9 nitrogen and oxygen atoms in total. The summed E-state index contributed by atoms with van der Waals surface area (Å²) in [6.07, 6.45) is 1.59. The van der Waals surface area contributed by atoms with Gasteiger partial charge in [0.15, 0.2) is 0 Å². The fourth-order valence-corrected chi connectivity index (χ4v) is 3.11. The molecule has 0 aliphatic carbocycles. The molecule has 11 heteroatoms. The van der Waals surface area contributed by atoms with E-state index < -0.39 is 26.7 Å². The molecule has 1 aromatic heterocycles. The number of hydrogen-bond donors (Lipinski definition) is 3. The number of sulfonamides is 1. The molecule has 142 valence electrons. The number of halogens is 1. The highest BCUT2D eigenvalue weighted by Crippen LogP contribution is 2.16. The lowest BCUT2D eigenvalue weighted by molar-refractivity contribution is -0.122. The molecule has 0 atom stereocenters. The highest BCUT2D eigenvalue weighted by molar-refractivity contribution is 7.89. The second-order valence-electron chi connectivity index (χ2n) is 5.06. The Morgan fingerprint density at radius 3 is 2.50 bits per heavy atom. The van der Waals surface area contributed by atoms with Gasteiger partial charge >= 0.3 is 5.97 Å². The molecule has 0 radical (unpaired) electrons. The normalized spacial score (nSPS) is 10.7. The second kappa shape index (κ2) is 9.06. The van der Waals surface area contributed by atoms with Crippen LogP contribution in [0.5, 0.6) is 0 Å². The Balaban J connectivity index is 0.00000105. The third kappa shape index (κ3) is 5.36. The first kappa shape index (κ1) is 21.3. The number of aryl methyl sites for hydroxylation is 1. The predicted molar refractivity (Wildman–Crippen MR) is 88.9 cm³/mol. The van der Waals surface area contributed by atoms with Crippen molar-refractivity contribution in [3.05, 3.63) is 47.3 Å². The van der Waals surface area contributed by atoms with E-state index in [1.807, 2.05) is 13.8 Å². The maximum Gasteiger partial charge on any atom is 0.335 e. The molecule has 0 fully saturated rings. The van der Waals surface area contributed by atoms with Crippen molar-refractivity contribution in [3.8, 4) is 0 Å². The Morgan fingerprint density at radius 2 is 2.00 bits per heavy atom. The average molecular weight is 387 g/mol. The molecule has 0 aliphatic heterocycles. The molecular formula is C15H18FN3O6S. The summed E-state index contributed by atoms with van der Waals surface area (Å²) in [5.41, 5.74) is 1.45. The molecule has 2 rings (SSSR count). The number of nitrogens with zero attached hydrogens (tertiary/aromatic N) is 2. The van der Waals surface area contributed by atoms with Crippen LogP contribution in [0.1, 0.15) is 21.7 Å². The molecule has 26 heavy (non-hydrogen) atoms. The number of carbonyl (C=O) groups is 2. The smallest absolute Gasteiger partial charge is 0.335 e. The van der Waals surface area contributed by atoms with Gasteiger partial charge in [-0.3, -0.25) is 4.79 Å². The number of aromatic carboxylic acids is 1. The number of aromatic nitrogens is 2. The Labute approximate surface area is 149 Å². The van der Waals surface area contributed by atoms with Crippen LogP contribution in [0.3, 0.4) is 0 Å². The van der Waals surface area contributed by atoms with Crippen LogP contribution in [0.15, 0.2) is 29.4 Å². The van der Waals surface area contributed by atoms with E-state index in [1.165, 1.54) is 0 Å². The Morgan fingerprint density at radius 1 is 1.38 bits per heavy atom. The minimum atomic E-state index is -4.15. The van der Waals surface area contributed by atoms with E-state index in [1.54, 1.807) is 10.9 Å². The zero-order valence-corrected chi connectivity index (χ0v) is 14.8. The molecular weight excluding hydrogens is 369 g/mol. The first-order valence-corrected chi connectivity index (χ1v) is 8.71. The summed E-state index contributed by atoms with van der Waals surface area (Å²) in [7, 11) is -4.15. The van der Waals surface area contributed by atoms with Gasteiger partial charge in [0.2, 0.25) is 10.0 Å². The van der Waals surface area contributed by atoms with Gasteiger partial charge in [-0.15, -0.1) is 0 Å². The van der Waals surface area contributed by atoms with Crippen LogP contribution in [0.4, 0.5) is 4.39 Å². The minimum absolute atomic E-state index is 0.0235. The first-order chi connectivity index (χ1) is 12.1. The summed E-state index contributed by atoms with van der Waals surface area (Å²) < 4.78 is 42.0. The maximum absolute atomic E-state index is 13.7. The van der Waals surface area contributed by atoms with Crippen LogP contribution in [0.2, 0.25) is 0 Å². The van der Waals surface area contributed by atoms with Crippen molar-refractivity contribution in [3.63, 3.8) is 0 Å². The van der Waals surface area contributed by atoms with Crippen molar-refractivity contribution >= 4 is 22.5 Å². The van der Waals surface area contributed by atoms with Gasteiger partial charge in [0, 0.05) is 18.8 Å². The molecule has 1 heterocycles. The monoisotopic (exact) mass is 387 g/mol. The van der Waals surface area contributed by atoms with Crippen molar-refractivity contribution in [2.75, 3.05) is 6.54 Å². The summed E-state index contributed by atoms with van der Waals surface area (Å²) in [5.74, 6) is -2.33. The van der Waals surface area contributed by atoms with E-state index in [0.717, 1.165) is 29.6 Å². The van der Waals surface area contributed by atoms with E-state index in [-0.39, 0.29) is 18.6 Å². The molecule has 0 saturated heterocycles. The summed E-state index contributed by atoms with van der Waals surface area (Å²) in [6, 6.07) is 2.63. The summed E-state index contributed by atoms with van der Waals surface area (Å²) in [6.45, 7) is 3.79. The van der Waals surface area contributed by atoms with E-state index in [2.05, 4.69) is 9.71 Å². The van der Waals surface area contributed by atoms with Gasteiger partial charge in [-0.25, -0.2) is 27.3 Å². The highest BCUT2D eigenvalue weighted by atomic mass is 32.2. The summed E-state index contributed by atoms with van der Waals surface area (Å²) in [4.78, 5) is 22.7. The van der Waals surface area contributed by atoms with E-state index in [4.69, 9.17) is 15.0 Å². The average Bonchev–Trinajstić information content (AvgIpc) is 2.87. The third-order valence-electron chi connectivity index (χ3n) is 3.46. The van der Waals surface area contributed by atoms with Gasteiger partial charge in [0.1, 0.15) is 10.7 Å². The zero-order valence-electron chi connectivity index (χ0n) is 14.0. The Hall–Kier alpha value is -2.79. The van der Waals surface area contributed by atoms with E-state index >= 15 is 0 Å². The lowest BCUT2D eigenvalue weighted by atomic mass is 10.2. The summed E-state index contributed by atoms with van der Waals surface area (Å²) in [5, 5.41) is 15.8. The van der Waals surface area contributed by atoms with Gasteiger partial charge in [-0.2, -0.15) is 0 Å². The fourth-order valence-electron chi connectivity index (χ4n) is 1.99. The zero-order chi connectivity index (χ0) is 19.9. The number of carboxylic acids is 1. The van der Waals surface area contributed by atoms with Gasteiger partial charge in [0.25, 0.3) is 6.47 Å². The molecule has 0 amide bonds. The molecule has 0 unspecified atom stereocenters. The van der Waals surface area contributed by atoms with Crippen LogP contribution in [0, 0.1) is 19.7 Å². The van der Waals surface area contributed by atoms with Gasteiger partial charge in [-0.1, -0.05) is 0 Å². The SMILES string of the molecule is Cc1ncn(CCNS(=O)(=O)c2cc(C(=O)O)ccc2F)c1C.O=CO. The van der Waals surface area contributed by atoms with Crippen LogP contribution in [-0.4, -0.2) is 47.2 Å². The topological polar surface area (TPSA) is 139 Å². The van der Waals surface area contributed by atoms with Gasteiger partial charge in [-0.05, 0) is 32.0 Å². The molecule has 3 N–H and O–H groups in total. The van der Waals surface area contributed by atoms with Gasteiger partial charge in [0.05, 0.1) is 17.6 Å². The number of carboxylic acid groups (broad SMARTS) is 2. The standard InChI is InChI=1S/C14H16FN3O4S.CH2O2/c1-9-10(2)18(8-16-9)6-5-17-23(21,22)13-7-11(14(19)20)3-4-12(13)15;2-1-3/h3-4,7-8,17H,5-6H2,1-2H3,(H,19,20);1H,(H,2,3).